The lowest BCUT2D eigenvalue weighted by Gasteiger charge is -2.26. The number of pyridine rings is 1. The largest absolute Gasteiger partial charge is 0.396 e. The molecule has 3 heterocycles. The summed E-state index contributed by atoms with van der Waals surface area (Å²) in [6, 6.07) is 15.7. The number of benzene rings is 2. The summed E-state index contributed by atoms with van der Waals surface area (Å²) in [7, 11) is 2.12. The Hall–Kier alpha value is -4.61. The van der Waals surface area contributed by atoms with Crippen LogP contribution in [0.4, 0.5) is 27.3 Å². The first-order valence-corrected chi connectivity index (χ1v) is 14.0. The molecule has 1 aliphatic heterocycles. The molecule has 0 atom stereocenters. The van der Waals surface area contributed by atoms with Gasteiger partial charge in [-0.25, -0.2) is 9.37 Å². The highest BCUT2D eigenvalue weighted by Crippen LogP contribution is 2.32. The van der Waals surface area contributed by atoms with Crippen LogP contribution >= 0.6 is 0 Å². The van der Waals surface area contributed by atoms with Crippen LogP contribution in [0, 0.1) is 5.82 Å². The average molecular weight is 571 g/mol. The Morgan fingerprint density at radius 1 is 1.07 bits per heavy atom. The molecule has 0 spiro atoms. The van der Waals surface area contributed by atoms with Crippen molar-refractivity contribution in [2.24, 2.45) is 0 Å². The summed E-state index contributed by atoms with van der Waals surface area (Å²) < 4.78 is 15.5. The van der Waals surface area contributed by atoms with Crippen molar-refractivity contribution in [2.75, 3.05) is 55.4 Å². The number of anilines is 4. The van der Waals surface area contributed by atoms with Gasteiger partial charge in [-0.2, -0.15) is 0 Å². The van der Waals surface area contributed by atoms with Crippen molar-refractivity contribution in [1.29, 1.82) is 0 Å². The third-order valence-corrected chi connectivity index (χ3v) is 7.17. The van der Waals surface area contributed by atoms with E-state index in [1.807, 2.05) is 34.9 Å². The Morgan fingerprint density at radius 3 is 2.69 bits per heavy atom. The van der Waals surface area contributed by atoms with Crippen molar-refractivity contribution in [3.05, 3.63) is 85.1 Å². The molecule has 1 saturated heterocycles. The van der Waals surface area contributed by atoms with Crippen LogP contribution < -0.4 is 15.5 Å². The van der Waals surface area contributed by atoms with E-state index >= 15 is 0 Å². The molecule has 0 saturated carbocycles. The number of rotatable bonds is 10. The fourth-order valence-electron chi connectivity index (χ4n) is 5.01. The van der Waals surface area contributed by atoms with Crippen molar-refractivity contribution in [2.45, 2.75) is 19.3 Å². The second-order valence-electron chi connectivity index (χ2n) is 10.2. The van der Waals surface area contributed by atoms with E-state index in [4.69, 9.17) is 0 Å². The van der Waals surface area contributed by atoms with Crippen LogP contribution in [0.5, 0.6) is 0 Å². The maximum absolute atomic E-state index is 13.6. The van der Waals surface area contributed by atoms with E-state index < -0.39 is 0 Å². The van der Waals surface area contributed by atoms with Crippen LogP contribution in [0.15, 0.2) is 73.4 Å². The number of amides is 1. The molecule has 11 heteroatoms. The number of hydrogen-bond donors (Lipinski definition) is 3. The molecule has 0 bridgehead atoms. The lowest BCUT2D eigenvalue weighted by Crippen LogP contribution is -2.29. The fraction of sp³-hybridized carbons (Fsp3) is 0.290. The van der Waals surface area contributed by atoms with Gasteiger partial charge in [-0.05, 0) is 81.0 Å². The Labute approximate surface area is 244 Å². The minimum Gasteiger partial charge on any atom is -0.396 e. The van der Waals surface area contributed by atoms with Crippen LogP contribution in [0.2, 0.25) is 0 Å². The lowest BCUT2D eigenvalue weighted by molar-refractivity contribution is -0.111. The number of hydrogen-bond acceptors (Lipinski definition) is 8. The molecule has 0 unspecified atom stereocenters. The number of likely N-dealkylation sites (N-methyl/N-ethyl adjacent to an activating group) is 1. The first-order valence-electron chi connectivity index (χ1n) is 14.0. The molecular weight excluding hydrogens is 535 g/mol. The highest BCUT2D eigenvalue weighted by molar-refractivity contribution is 6.01. The zero-order valence-corrected chi connectivity index (χ0v) is 23.6. The van der Waals surface area contributed by atoms with E-state index in [0.717, 1.165) is 49.7 Å². The highest BCUT2D eigenvalue weighted by atomic mass is 19.1. The third-order valence-electron chi connectivity index (χ3n) is 7.17. The topological polar surface area (TPSA) is 111 Å². The molecule has 5 rings (SSSR count). The summed E-state index contributed by atoms with van der Waals surface area (Å²) in [5.74, 6) is 1.18. The normalized spacial score (nSPS) is 13.9. The van der Waals surface area contributed by atoms with Gasteiger partial charge < -0.3 is 25.5 Å². The Kier molecular flexibility index (Phi) is 9.20. The monoisotopic (exact) mass is 570 g/mol. The van der Waals surface area contributed by atoms with Crippen molar-refractivity contribution in [3.63, 3.8) is 0 Å². The second kappa shape index (κ2) is 13.4. The Morgan fingerprint density at radius 2 is 1.90 bits per heavy atom. The molecule has 1 fully saturated rings. The Bertz CT molecular complexity index is 1540. The average Bonchev–Trinajstić information content (AvgIpc) is 3.30. The summed E-state index contributed by atoms with van der Waals surface area (Å²) >= 11 is 0. The second-order valence-corrected chi connectivity index (χ2v) is 10.2. The summed E-state index contributed by atoms with van der Waals surface area (Å²) in [6.45, 7) is 7.35. The molecular formula is C31H35FN8O2. The summed E-state index contributed by atoms with van der Waals surface area (Å²) in [6.07, 6.45) is 5.01. The molecule has 4 aromatic rings. The lowest BCUT2D eigenvalue weighted by atomic mass is 10.2. The first-order chi connectivity index (χ1) is 20.4. The zero-order valence-electron chi connectivity index (χ0n) is 23.6. The fourth-order valence-corrected chi connectivity index (χ4v) is 5.01. The van der Waals surface area contributed by atoms with Gasteiger partial charge in [-0.1, -0.05) is 6.58 Å². The van der Waals surface area contributed by atoms with Gasteiger partial charge in [-0.15, -0.1) is 10.2 Å². The first kappa shape index (κ1) is 28.9. The van der Waals surface area contributed by atoms with Crippen LogP contribution in [0.25, 0.3) is 17.1 Å². The molecule has 218 valence electrons. The number of nitrogens with one attached hydrogen (secondary N) is 2. The molecule has 2 aromatic carbocycles. The number of aryl methyl sites for hydroxylation is 1. The van der Waals surface area contributed by atoms with E-state index in [9.17, 15) is 14.3 Å². The molecule has 42 heavy (non-hydrogen) atoms. The molecule has 3 N–H and O–H groups in total. The molecule has 1 amide bonds. The summed E-state index contributed by atoms with van der Waals surface area (Å²) in [4.78, 5) is 21.4. The number of aliphatic hydroxyl groups excluding tert-OH is 1. The van der Waals surface area contributed by atoms with Crippen LogP contribution in [-0.2, 0) is 11.2 Å². The van der Waals surface area contributed by atoms with Crippen molar-refractivity contribution in [3.8, 4) is 17.1 Å². The SMILES string of the molecule is C=CC(=O)Nc1cc(Nc2cc(-n3c(CCCO)nnc3-c3ccc(F)cc3)ccn2)ccc1N1CCCN(C)CC1. The van der Waals surface area contributed by atoms with Gasteiger partial charge in [0.2, 0.25) is 5.91 Å². The molecule has 0 radical (unpaired) electrons. The number of nitrogens with zero attached hydrogens (tertiary/aromatic N) is 6. The summed E-state index contributed by atoms with van der Waals surface area (Å²) in [5, 5.41) is 24.5. The zero-order chi connectivity index (χ0) is 29.5. The minimum atomic E-state index is -0.335. The molecule has 10 nitrogen and oxygen atoms in total. The molecule has 0 aliphatic carbocycles. The molecule has 1 aliphatic rings. The number of carbonyl (C=O) groups excluding carboxylic acids is 1. The third kappa shape index (κ3) is 6.81. The Balaban J connectivity index is 1.46. The minimum absolute atomic E-state index is 0.0245. The van der Waals surface area contributed by atoms with Gasteiger partial charge >= 0.3 is 0 Å². The van der Waals surface area contributed by atoms with Crippen molar-refractivity contribution >= 4 is 28.8 Å². The predicted molar refractivity (Wildman–Crippen MR) is 163 cm³/mol. The number of aliphatic hydroxyl groups is 1. The smallest absolute Gasteiger partial charge is 0.247 e. The van der Waals surface area contributed by atoms with Gasteiger partial charge in [0, 0.05) is 56.2 Å². The van der Waals surface area contributed by atoms with Crippen LogP contribution in [-0.4, -0.2) is 75.5 Å². The maximum Gasteiger partial charge on any atom is 0.247 e. The van der Waals surface area contributed by atoms with Crippen molar-refractivity contribution < 1.29 is 14.3 Å². The highest BCUT2D eigenvalue weighted by Gasteiger charge is 2.19. The van der Waals surface area contributed by atoms with Gasteiger partial charge in [0.1, 0.15) is 17.5 Å². The standard InChI is InChI=1S/C31H35FN8O2/c1-3-30(42)35-26-20-24(11-12-27(26)39-16-5-15-38(2)17-18-39)34-28-21-25(13-14-33-28)40-29(6-4-19-41)36-37-31(40)22-7-9-23(32)10-8-22/h3,7-14,20-21,41H,1,4-6,15-19H2,2H3,(H,33,34)(H,35,42). The van der Waals surface area contributed by atoms with E-state index in [1.54, 1.807) is 18.3 Å². The van der Waals surface area contributed by atoms with E-state index in [1.165, 1.54) is 18.2 Å². The number of carbonyl (C=O) groups is 1. The van der Waals surface area contributed by atoms with E-state index in [2.05, 4.69) is 49.2 Å². The van der Waals surface area contributed by atoms with Crippen LogP contribution in [0.1, 0.15) is 18.7 Å². The van der Waals surface area contributed by atoms with Crippen LogP contribution in [0.3, 0.4) is 0 Å². The maximum atomic E-state index is 13.6. The predicted octanol–water partition coefficient (Wildman–Crippen LogP) is 4.40. The molecule has 2 aromatic heterocycles. The summed E-state index contributed by atoms with van der Waals surface area (Å²) in [5.41, 5.74) is 3.86. The van der Waals surface area contributed by atoms with Gasteiger partial charge in [0.15, 0.2) is 5.82 Å². The quantitative estimate of drug-likeness (QED) is 0.241. The van der Waals surface area contributed by atoms with E-state index in [0.29, 0.717) is 41.6 Å². The number of aromatic nitrogens is 4. The number of halogens is 1. The van der Waals surface area contributed by atoms with E-state index in [-0.39, 0.29) is 18.3 Å². The van der Waals surface area contributed by atoms with Gasteiger partial charge in [0.25, 0.3) is 0 Å². The van der Waals surface area contributed by atoms with Gasteiger partial charge in [-0.3, -0.25) is 9.36 Å². The van der Waals surface area contributed by atoms with Gasteiger partial charge in [0.05, 0.1) is 17.1 Å². The van der Waals surface area contributed by atoms with Crippen molar-refractivity contribution in [1.82, 2.24) is 24.6 Å².